The highest BCUT2D eigenvalue weighted by atomic mass is 32.2. The second kappa shape index (κ2) is 7.80. The lowest BCUT2D eigenvalue weighted by atomic mass is 9.99. The van der Waals surface area contributed by atoms with E-state index in [1.807, 2.05) is 36.2 Å². The first-order chi connectivity index (χ1) is 14.2. The molecule has 2 aromatic carbocycles. The van der Waals surface area contributed by atoms with Crippen LogP contribution in [0.1, 0.15) is 23.8 Å². The molecule has 4 aromatic rings. The van der Waals surface area contributed by atoms with E-state index in [-0.39, 0.29) is 5.91 Å². The van der Waals surface area contributed by atoms with Gasteiger partial charge in [-0.15, -0.1) is 11.3 Å². The Labute approximate surface area is 177 Å². The fourth-order valence-electron chi connectivity index (χ4n) is 3.94. The van der Waals surface area contributed by atoms with Crippen LogP contribution in [0.2, 0.25) is 0 Å². The lowest BCUT2D eigenvalue weighted by molar-refractivity contribution is -0.129. The summed E-state index contributed by atoms with van der Waals surface area (Å²) in [4.78, 5) is 24.4. The Bertz CT molecular complexity index is 1150. The number of aromatic nitrogens is 3. The number of hydrogen-bond donors (Lipinski definition) is 0. The van der Waals surface area contributed by atoms with Gasteiger partial charge in [0.25, 0.3) is 0 Å². The zero-order valence-corrected chi connectivity index (χ0v) is 17.9. The van der Waals surface area contributed by atoms with Crippen LogP contribution in [0.3, 0.4) is 0 Å². The van der Waals surface area contributed by atoms with Crippen LogP contribution in [0, 0.1) is 0 Å². The summed E-state index contributed by atoms with van der Waals surface area (Å²) in [7, 11) is 2.01. The highest BCUT2D eigenvalue weighted by Crippen LogP contribution is 2.33. The second-order valence-electron chi connectivity index (χ2n) is 7.43. The minimum atomic E-state index is 0.188. The summed E-state index contributed by atoms with van der Waals surface area (Å²) in [5.41, 5.74) is 3.13. The molecule has 1 saturated heterocycles. The molecule has 1 fully saturated rings. The average molecular weight is 423 g/mol. The van der Waals surface area contributed by atoms with E-state index in [1.165, 1.54) is 16.5 Å². The third-order valence-corrected chi connectivity index (χ3v) is 7.72. The quantitative estimate of drug-likeness (QED) is 0.448. The number of imidazole rings is 1. The van der Waals surface area contributed by atoms with E-state index in [0.29, 0.717) is 11.7 Å². The van der Waals surface area contributed by atoms with Crippen molar-refractivity contribution < 1.29 is 4.79 Å². The first-order valence-corrected chi connectivity index (χ1v) is 11.7. The minimum absolute atomic E-state index is 0.188. The van der Waals surface area contributed by atoms with E-state index >= 15 is 0 Å². The average Bonchev–Trinajstić information content (AvgIpc) is 3.34. The molecule has 7 heteroatoms. The number of rotatable bonds is 4. The summed E-state index contributed by atoms with van der Waals surface area (Å²) in [5, 5.41) is 2.05. The molecule has 29 heavy (non-hydrogen) atoms. The van der Waals surface area contributed by atoms with E-state index in [1.54, 1.807) is 11.3 Å². The molecule has 3 heterocycles. The van der Waals surface area contributed by atoms with Gasteiger partial charge in [-0.3, -0.25) is 4.79 Å². The summed E-state index contributed by atoms with van der Waals surface area (Å²) in [6.07, 6.45) is 2.13. The Hall–Kier alpha value is -2.38. The largest absolute Gasteiger partial charge is 0.341 e. The fraction of sp³-hybridized carbons (Fsp3) is 0.318. The highest BCUT2D eigenvalue weighted by molar-refractivity contribution is 7.99. The number of benzene rings is 2. The van der Waals surface area contributed by atoms with Gasteiger partial charge in [-0.1, -0.05) is 36.0 Å². The van der Waals surface area contributed by atoms with Gasteiger partial charge in [0.1, 0.15) is 0 Å². The van der Waals surface area contributed by atoms with Crippen LogP contribution in [0.15, 0.2) is 53.7 Å². The van der Waals surface area contributed by atoms with Gasteiger partial charge in [0.2, 0.25) is 5.91 Å². The predicted molar refractivity (Wildman–Crippen MR) is 120 cm³/mol. The number of thiazole rings is 1. The smallest absolute Gasteiger partial charge is 0.233 e. The molecule has 2 aromatic heterocycles. The van der Waals surface area contributed by atoms with E-state index in [9.17, 15) is 4.79 Å². The lowest BCUT2D eigenvalue weighted by Gasteiger charge is -2.31. The molecule has 1 aliphatic rings. The number of piperidine rings is 1. The maximum atomic E-state index is 12.9. The first-order valence-electron chi connectivity index (χ1n) is 9.86. The van der Waals surface area contributed by atoms with Crippen molar-refractivity contribution in [3.05, 3.63) is 53.5 Å². The van der Waals surface area contributed by atoms with Crippen LogP contribution in [0.5, 0.6) is 0 Å². The number of thioether (sulfide) groups is 1. The zero-order chi connectivity index (χ0) is 19.8. The van der Waals surface area contributed by atoms with Crippen molar-refractivity contribution in [1.29, 1.82) is 0 Å². The van der Waals surface area contributed by atoms with E-state index in [4.69, 9.17) is 4.98 Å². The van der Waals surface area contributed by atoms with Crippen LogP contribution in [-0.4, -0.2) is 44.2 Å². The van der Waals surface area contributed by atoms with Gasteiger partial charge >= 0.3 is 0 Å². The summed E-state index contributed by atoms with van der Waals surface area (Å²) in [6, 6.07) is 16.3. The van der Waals surface area contributed by atoms with Gasteiger partial charge in [-0.05, 0) is 37.1 Å². The lowest BCUT2D eigenvalue weighted by Crippen LogP contribution is -2.40. The number of nitrogens with zero attached hydrogens (tertiary/aromatic N) is 4. The number of carbonyl (C=O) groups is 1. The number of likely N-dealkylation sites (tertiary alicyclic amines) is 1. The van der Waals surface area contributed by atoms with Crippen LogP contribution < -0.4 is 0 Å². The number of aryl methyl sites for hydroxylation is 1. The van der Waals surface area contributed by atoms with Crippen LogP contribution in [0.4, 0.5) is 0 Å². The predicted octanol–water partition coefficient (Wildman–Crippen LogP) is 4.68. The van der Waals surface area contributed by atoms with Crippen LogP contribution >= 0.6 is 23.1 Å². The Morgan fingerprint density at radius 2 is 1.93 bits per heavy atom. The minimum Gasteiger partial charge on any atom is -0.341 e. The Morgan fingerprint density at radius 3 is 2.76 bits per heavy atom. The van der Waals surface area contributed by atoms with Crippen molar-refractivity contribution in [3.8, 4) is 0 Å². The normalized spacial score (nSPS) is 17.3. The van der Waals surface area contributed by atoms with E-state index < -0.39 is 0 Å². The molecule has 0 spiro atoms. The highest BCUT2D eigenvalue weighted by Gasteiger charge is 2.27. The Balaban J connectivity index is 1.26. The monoisotopic (exact) mass is 422 g/mol. The molecule has 0 bridgehead atoms. The Morgan fingerprint density at radius 1 is 1.14 bits per heavy atom. The zero-order valence-electron chi connectivity index (χ0n) is 16.2. The SMILES string of the molecule is Cn1c(SCC(=O)N2CCC[C@H](c3nc4ccccc4s3)C2)nc2ccccc21. The van der Waals surface area contributed by atoms with Gasteiger partial charge in [0, 0.05) is 26.1 Å². The van der Waals surface area contributed by atoms with Crippen molar-refractivity contribution in [1.82, 2.24) is 19.4 Å². The molecule has 0 N–H and O–H groups in total. The molecule has 0 saturated carbocycles. The molecular weight excluding hydrogens is 400 g/mol. The number of carbonyl (C=O) groups excluding carboxylic acids is 1. The molecule has 0 radical (unpaired) electrons. The summed E-state index contributed by atoms with van der Waals surface area (Å²) in [5.74, 6) is 0.947. The number of para-hydroxylation sites is 3. The van der Waals surface area contributed by atoms with Gasteiger partial charge in [0.05, 0.1) is 32.0 Å². The first kappa shape index (κ1) is 18.6. The van der Waals surface area contributed by atoms with Crippen molar-refractivity contribution in [2.24, 2.45) is 7.05 Å². The van der Waals surface area contributed by atoms with Crippen molar-refractivity contribution >= 4 is 50.3 Å². The van der Waals surface area contributed by atoms with Crippen LogP contribution in [0.25, 0.3) is 21.3 Å². The molecule has 1 aliphatic heterocycles. The topological polar surface area (TPSA) is 51.0 Å². The van der Waals surface area contributed by atoms with Crippen molar-refractivity contribution in [2.75, 3.05) is 18.8 Å². The maximum absolute atomic E-state index is 12.9. The molecule has 5 rings (SSSR count). The molecule has 5 nitrogen and oxygen atoms in total. The third-order valence-electron chi connectivity index (χ3n) is 5.50. The van der Waals surface area contributed by atoms with Crippen molar-refractivity contribution in [3.63, 3.8) is 0 Å². The van der Waals surface area contributed by atoms with Crippen molar-refractivity contribution in [2.45, 2.75) is 23.9 Å². The fourth-order valence-corrected chi connectivity index (χ4v) is 5.92. The molecule has 0 unspecified atom stereocenters. The number of hydrogen-bond acceptors (Lipinski definition) is 5. The van der Waals surface area contributed by atoms with Gasteiger partial charge < -0.3 is 9.47 Å². The standard InChI is InChI=1S/C22H22N4OS2/c1-25-18-10-4-2-8-16(18)24-22(25)28-14-20(27)26-12-6-7-15(13-26)21-23-17-9-3-5-11-19(17)29-21/h2-5,8-11,15H,6-7,12-14H2,1H3/t15-/m0/s1. The summed E-state index contributed by atoms with van der Waals surface area (Å²) in [6.45, 7) is 1.60. The Kier molecular flexibility index (Phi) is 5.01. The van der Waals surface area contributed by atoms with Gasteiger partial charge in [-0.25, -0.2) is 9.97 Å². The third kappa shape index (κ3) is 3.65. The molecule has 148 valence electrons. The molecule has 1 atom stereocenters. The second-order valence-corrected chi connectivity index (χ2v) is 9.43. The molecular formula is C22H22N4OS2. The number of fused-ring (bicyclic) bond motifs is 2. The van der Waals surface area contributed by atoms with Gasteiger partial charge in [-0.2, -0.15) is 0 Å². The van der Waals surface area contributed by atoms with Crippen LogP contribution in [-0.2, 0) is 11.8 Å². The van der Waals surface area contributed by atoms with Gasteiger partial charge in [0.15, 0.2) is 5.16 Å². The molecule has 0 aliphatic carbocycles. The molecule has 1 amide bonds. The summed E-state index contributed by atoms with van der Waals surface area (Å²) < 4.78 is 3.29. The maximum Gasteiger partial charge on any atom is 0.233 e. The summed E-state index contributed by atoms with van der Waals surface area (Å²) >= 11 is 3.29. The number of amides is 1. The van der Waals surface area contributed by atoms with E-state index in [0.717, 1.165) is 52.6 Å². The van der Waals surface area contributed by atoms with E-state index in [2.05, 4.69) is 33.8 Å².